The van der Waals surface area contributed by atoms with Crippen LogP contribution in [-0.4, -0.2) is 22.8 Å². The van der Waals surface area contributed by atoms with Gasteiger partial charge in [0.05, 0.1) is 5.02 Å². The average Bonchev–Trinajstić information content (AvgIpc) is 2.91. The highest BCUT2D eigenvalue weighted by Crippen LogP contribution is 2.28. The molecule has 0 saturated heterocycles. The summed E-state index contributed by atoms with van der Waals surface area (Å²) >= 11 is 13.1. The monoisotopic (exact) mass is 348 g/mol. The van der Waals surface area contributed by atoms with Crippen molar-refractivity contribution in [3.63, 3.8) is 0 Å². The van der Waals surface area contributed by atoms with Gasteiger partial charge in [-0.3, -0.25) is 9.12 Å². The van der Waals surface area contributed by atoms with E-state index in [4.69, 9.17) is 23.2 Å². The minimum Gasteiger partial charge on any atom is -0.278 e. The zero-order valence-corrected chi connectivity index (χ0v) is 12.8. The third-order valence-electron chi connectivity index (χ3n) is 2.42. The van der Waals surface area contributed by atoms with Gasteiger partial charge in [-0.05, 0) is 12.1 Å². The maximum atomic E-state index is 12.4. The molecule has 20 heavy (non-hydrogen) atoms. The van der Waals surface area contributed by atoms with Crippen molar-refractivity contribution in [2.24, 2.45) is 0 Å². The molecule has 0 saturated carbocycles. The van der Waals surface area contributed by atoms with Crippen molar-refractivity contribution in [3.05, 3.63) is 40.1 Å². The second kappa shape index (κ2) is 4.88. The predicted molar refractivity (Wildman–Crippen MR) is 78.1 cm³/mol. The van der Waals surface area contributed by atoms with E-state index in [0.29, 0.717) is 4.96 Å². The molecule has 3 aromatic heterocycles. The number of imidazole rings is 1. The van der Waals surface area contributed by atoms with Crippen molar-refractivity contribution in [1.82, 2.24) is 14.4 Å². The van der Waals surface area contributed by atoms with Crippen molar-refractivity contribution in [3.8, 4) is 0 Å². The summed E-state index contributed by atoms with van der Waals surface area (Å²) in [5.41, 5.74) is 0. The van der Waals surface area contributed by atoms with E-state index in [1.165, 1.54) is 28.0 Å². The molecule has 0 bridgehead atoms. The summed E-state index contributed by atoms with van der Waals surface area (Å²) in [5.74, 6) is 0.0374. The first-order valence-corrected chi connectivity index (χ1v) is 8.35. The summed E-state index contributed by atoms with van der Waals surface area (Å²) in [5, 5.41) is 1.66. The molecule has 0 aliphatic heterocycles. The largest absolute Gasteiger partial charge is 0.282 e. The lowest BCUT2D eigenvalue weighted by Gasteiger charge is -2.07. The van der Waals surface area contributed by atoms with Gasteiger partial charge in [0.2, 0.25) is 0 Å². The summed E-state index contributed by atoms with van der Waals surface area (Å²) in [6.07, 6.45) is 3.01. The van der Waals surface area contributed by atoms with Crippen molar-refractivity contribution < 1.29 is 8.42 Å². The van der Waals surface area contributed by atoms with E-state index in [9.17, 15) is 8.42 Å². The van der Waals surface area contributed by atoms with Gasteiger partial charge in [0, 0.05) is 17.8 Å². The molecule has 0 aliphatic carbocycles. The molecule has 10 heteroatoms. The standard InChI is InChI=1S/C10H6Cl2N4O2S2/c11-6-2-1-3-13-8(6)15-20(17,18)9-7(12)14-10-16(9)4-5-19-10/h1-5H,(H,13,15). The highest BCUT2D eigenvalue weighted by atomic mass is 35.5. The summed E-state index contributed by atoms with van der Waals surface area (Å²) in [4.78, 5) is 8.34. The SMILES string of the molecule is O=S(=O)(Nc1ncccc1Cl)c1c(Cl)nc2sccn12. The number of thiazole rings is 1. The number of fused-ring (bicyclic) bond motifs is 1. The van der Waals surface area contributed by atoms with Crippen molar-refractivity contribution in [2.45, 2.75) is 5.03 Å². The molecule has 0 aromatic carbocycles. The number of nitrogens with zero attached hydrogens (tertiary/aromatic N) is 3. The number of halogens is 2. The van der Waals surface area contributed by atoms with Gasteiger partial charge in [-0.1, -0.05) is 23.2 Å². The van der Waals surface area contributed by atoms with Crippen molar-refractivity contribution >= 4 is 55.3 Å². The summed E-state index contributed by atoms with van der Waals surface area (Å²) < 4.78 is 28.5. The first-order chi connectivity index (χ1) is 9.49. The van der Waals surface area contributed by atoms with Gasteiger partial charge in [-0.2, -0.15) is 8.42 Å². The lowest BCUT2D eigenvalue weighted by atomic mass is 10.5. The van der Waals surface area contributed by atoms with Gasteiger partial charge in [0.15, 0.2) is 21.0 Å². The van der Waals surface area contributed by atoms with Gasteiger partial charge in [-0.25, -0.2) is 9.97 Å². The van der Waals surface area contributed by atoms with Gasteiger partial charge in [0.1, 0.15) is 0 Å². The maximum Gasteiger partial charge on any atom is 0.282 e. The Balaban J connectivity index is 2.11. The number of rotatable bonds is 3. The zero-order valence-electron chi connectivity index (χ0n) is 9.62. The highest BCUT2D eigenvalue weighted by Gasteiger charge is 2.26. The summed E-state index contributed by atoms with van der Waals surface area (Å²) in [6.45, 7) is 0. The van der Waals surface area contributed by atoms with Crippen LogP contribution in [0.5, 0.6) is 0 Å². The Hall–Kier alpha value is -1.35. The highest BCUT2D eigenvalue weighted by molar-refractivity contribution is 7.92. The molecule has 3 heterocycles. The molecule has 6 nitrogen and oxygen atoms in total. The van der Waals surface area contributed by atoms with Crippen molar-refractivity contribution in [2.75, 3.05) is 4.72 Å². The molecule has 3 rings (SSSR count). The molecular formula is C10H6Cl2N4O2S2. The first kappa shape index (κ1) is 13.6. The first-order valence-electron chi connectivity index (χ1n) is 5.23. The van der Waals surface area contributed by atoms with Crippen LogP contribution >= 0.6 is 34.5 Å². The number of nitrogens with one attached hydrogen (secondary N) is 1. The van der Waals surface area contributed by atoms with Crippen LogP contribution in [0.15, 0.2) is 34.9 Å². The molecular weight excluding hydrogens is 343 g/mol. The quantitative estimate of drug-likeness (QED) is 0.789. The molecule has 0 atom stereocenters. The number of anilines is 1. The maximum absolute atomic E-state index is 12.4. The van der Waals surface area contributed by atoms with Crippen LogP contribution < -0.4 is 4.72 Å². The van der Waals surface area contributed by atoms with Crippen LogP contribution in [0, 0.1) is 0 Å². The van der Waals surface area contributed by atoms with E-state index in [2.05, 4.69) is 14.7 Å². The Kier molecular flexibility index (Phi) is 3.33. The normalized spacial score (nSPS) is 11.9. The van der Waals surface area contributed by atoms with Crippen LogP contribution in [0.2, 0.25) is 10.2 Å². The van der Waals surface area contributed by atoms with Crippen LogP contribution in [-0.2, 0) is 10.0 Å². The molecule has 104 valence electrons. The Bertz CT molecular complexity index is 888. The average molecular weight is 349 g/mol. The molecule has 0 aliphatic rings. The number of hydrogen-bond donors (Lipinski definition) is 1. The van der Waals surface area contributed by atoms with Crippen LogP contribution in [0.3, 0.4) is 0 Å². The number of pyridine rings is 1. The van der Waals surface area contributed by atoms with Gasteiger partial charge >= 0.3 is 0 Å². The molecule has 0 unspecified atom stereocenters. The van der Waals surface area contributed by atoms with E-state index >= 15 is 0 Å². The summed E-state index contributed by atoms with van der Waals surface area (Å²) in [6, 6.07) is 3.13. The Morgan fingerprint density at radius 2 is 2.15 bits per heavy atom. The Morgan fingerprint density at radius 1 is 1.35 bits per heavy atom. The van der Waals surface area contributed by atoms with E-state index in [1.807, 2.05) is 0 Å². The van der Waals surface area contributed by atoms with E-state index in [1.54, 1.807) is 17.6 Å². The molecule has 0 amide bonds. The van der Waals surface area contributed by atoms with Crippen LogP contribution in [0.1, 0.15) is 0 Å². The van der Waals surface area contributed by atoms with E-state index < -0.39 is 10.0 Å². The third-order valence-corrected chi connectivity index (χ3v) is 5.22. The number of aromatic nitrogens is 3. The van der Waals surface area contributed by atoms with Gasteiger partial charge in [0.25, 0.3) is 10.0 Å². The minimum absolute atomic E-state index is 0.0374. The fourth-order valence-electron chi connectivity index (χ4n) is 1.62. The second-order valence-corrected chi connectivity index (χ2v) is 6.94. The van der Waals surface area contributed by atoms with E-state index in [0.717, 1.165) is 0 Å². The topological polar surface area (TPSA) is 76.4 Å². The molecule has 1 N–H and O–H groups in total. The summed E-state index contributed by atoms with van der Waals surface area (Å²) in [7, 11) is -3.94. The zero-order chi connectivity index (χ0) is 14.3. The fourth-order valence-corrected chi connectivity index (χ4v) is 4.33. The van der Waals surface area contributed by atoms with Gasteiger partial charge < -0.3 is 0 Å². The second-order valence-electron chi connectivity index (χ2n) is 3.70. The van der Waals surface area contributed by atoms with Crippen LogP contribution in [0.25, 0.3) is 4.96 Å². The number of hydrogen-bond acceptors (Lipinski definition) is 5. The minimum atomic E-state index is -3.94. The Labute approximate surface area is 128 Å². The van der Waals surface area contributed by atoms with Crippen LogP contribution in [0.4, 0.5) is 5.82 Å². The molecule has 0 radical (unpaired) electrons. The van der Waals surface area contributed by atoms with Crippen molar-refractivity contribution in [1.29, 1.82) is 0 Å². The molecule has 3 aromatic rings. The lowest BCUT2D eigenvalue weighted by molar-refractivity contribution is 0.596. The predicted octanol–water partition coefficient (Wildman–Crippen LogP) is 2.90. The van der Waals surface area contributed by atoms with E-state index in [-0.39, 0.29) is 21.0 Å². The smallest absolute Gasteiger partial charge is 0.278 e. The fraction of sp³-hybridized carbons (Fsp3) is 0. The lowest BCUT2D eigenvalue weighted by Crippen LogP contribution is -2.16. The number of sulfonamides is 1. The van der Waals surface area contributed by atoms with Gasteiger partial charge in [-0.15, -0.1) is 11.3 Å². The molecule has 0 spiro atoms. The Morgan fingerprint density at radius 3 is 2.90 bits per heavy atom. The third kappa shape index (κ3) is 2.24. The molecule has 0 fully saturated rings.